The number of carbonyl (C=O) groups excluding carboxylic acids is 8. The van der Waals surface area contributed by atoms with Gasteiger partial charge in [0.2, 0.25) is 29.4 Å². The zero-order valence-electron chi connectivity index (χ0n) is 45.9. The SMILES string of the molecule is CN(CCCN(C)C(=O)CCNC(=O)c1nc(NC(=O)CCNCc2cc(NC(=O)c3nc(NC(=O)CCNC(=O)c4cc(NC(=O)c5nccn5C)cn4C)cn3C)cn2C)cn1C)CCCN(C)C(=O)OC(C)(C)C. The average Bonchev–Trinajstić information content (AvgIpc) is 4.19. The van der Waals surface area contributed by atoms with E-state index < -0.39 is 35.1 Å². The lowest BCUT2D eigenvalue weighted by molar-refractivity contribution is -0.129. The van der Waals surface area contributed by atoms with Crippen molar-refractivity contribution < 1.29 is 43.1 Å². The van der Waals surface area contributed by atoms with Gasteiger partial charge >= 0.3 is 6.09 Å². The van der Waals surface area contributed by atoms with Crippen LogP contribution in [0.25, 0.3) is 0 Å². The number of anilines is 4. The molecule has 0 fully saturated rings. The summed E-state index contributed by atoms with van der Waals surface area (Å²) in [5, 5.41) is 19.5. The smallest absolute Gasteiger partial charge is 0.410 e. The van der Waals surface area contributed by atoms with Crippen molar-refractivity contribution in [3.63, 3.8) is 0 Å². The van der Waals surface area contributed by atoms with Crippen LogP contribution < -0.4 is 37.2 Å². The lowest BCUT2D eigenvalue weighted by Gasteiger charge is -2.25. The minimum atomic E-state index is -0.542. The van der Waals surface area contributed by atoms with E-state index >= 15 is 0 Å². The molecule has 0 radical (unpaired) electrons. The first-order valence-corrected chi connectivity index (χ1v) is 25.1. The van der Waals surface area contributed by atoms with Crippen LogP contribution in [0.3, 0.4) is 0 Å². The fourth-order valence-electron chi connectivity index (χ4n) is 7.73. The molecule has 5 aromatic rings. The third-order valence-electron chi connectivity index (χ3n) is 11.9. The molecular weight excluding hydrogens is 997 g/mol. The molecule has 27 nitrogen and oxygen atoms in total. The highest BCUT2D eigenvalue weighted by molar-refractivity contribution is 6.04. The van der Waals surface area contributed by atoms with E-state index in [2.05, 4.69) is 57.1 Å². The van der Waals surface area contributed by atoms with E-state index in [4.69, 9.17) is 4.74 Å². The molecule has 0 aromatic carbocycles. The number of imidazole rings is 3. The number of aromatic nitrogens is 8. The zero-order valence-corrected chi connectivity index (χ0v) is 45.9. The van der Waals surface area contributed by atoms with Crippen molar-refractivity contribution in [1.82, 2.24) is 68.4 Å². The molecule has 0 spiro atoms. The van der Waals surface area contributed by atoms with Crippen molar-refractivity contribution in [2.45, 2.75) is 65.0 Å². The first-order valence-electron chi connectivity index (χ1n) is 25.1. The highest BCUT2D eigenvalue weighted by Gasteiger charge is 2.22. The van der Waals surface area contributed by atoms with E-state index in [0.717, 1.165) is 31.6 Å². The molecule has 7 N–H and O–H groups in total. The number of carbonyl (C=O) groups is 8. The van der Waals surface area contributed by atoms with Gasteiger partial charge in [-0.2, -0.15) is 0 Å². The Labute approximate surface area is 447 Å². The molecule has 0 saturated carbocycles. The second-order valence-corrected chi connectivity index (χ2v) is 19.7. The molecule has 0 unspecified atom stereocenters. The molecular formula is C50H74N18O9. The largest absolute Gasteiger partial charge is 0.444 e. The molecule has 5 heterocycles. The maximum atomic E-state index is 13.2. The summed E-state index contributed by atoms with van der Waals surface area (Å²) >= 11 is 0. The van der Waals surface area contributed by atoms with Crippen molar-refractivity contribution in [1.29, 1.82) is 0 Å². The van der Waals surface area contributed by atoms with Gasteiger partial charge in [0.1, 0.15) is 11.3 Å². The molecule has 0 aliphatic rings. The lowest BCUT2D eigenvalue weighted by atomic mass is 10.2. The van der Waals surface area contributed by atoms with Crippen molar-refractivity contribution in [2.75, 3.05) is 88.2 Å². The Morgan fingerprint density at radius 1 is 0.571 bits per heavy atom. The summed E-state index contributed by atoms with van der Waals surface area (Å²) in [5.74, 6) is -2.08. The molecule has 0 aliphatic heterocycles. The normalized spacial score (nSPS) is 11.3. The molecule has 0 aliphatic carbocycles. The summed E-state index contributed by atoms with van der Waals surface area (Å²) in [4.78, 5) is 120. The minimum Gasteiger partial charge on any atom is -0.444 e. The number of nitrogens with one attached hydrogen (secondary N) is 7. The summed E-state index contributed by atoms with van der Waals surface area (Å²) in [5.41, 5.74) is 1.44. The molecule has 0 bridgehead atoms. The Morgan fingerprint density at radius 2 is 1.10 bits per heavy atom. The maximum Gasteiger partial charge on any atom is 0.410 e. The van der Waals surface area contributed by atoms with E-state index in [-0.39, 0.29) is 85.1 Å². The Hall–Kier alpha value is -8.33. The standard InChI is InChI=1S/C50H74N18O9/c1-50(2,3)77-49(76)64(7)24-13-22-61(4)21-12-23-62(5)41(71)16-19-54-46(73)43-59-37(31-67(43)10)57-39(69)14-17-51-28-35-26-33(29-65(35)8)55-48(75)44-60-38(32-68(44)11)58-40(70)15-18-53-45(72)36-27-34(30-66(36)9)56-47(74)42-52-20-25-63(42)6/h20,25-27,29-32,51H,12-19,21-24,28H2,1-11H3,(H,53,72)(H,54,73)(H,55,75)(H,56,74)(H,57,69)(H,58,70). The van der Waals surface area contributed by atoms with Gasteiger partial charge in [0.05, 0.1) is 11.4 Å². The quantitative estimate of drug-likeness (QED) is 0.0371. The van der Waals surface area contributed by atoms with Crippen LogP contribution in [0.4, 0.5) is 27.8 Å². The van der Waals surface area contributed by atoms with Gasteiger partial charge in [0.25, 0.3) is 23.6 Å². The summed E-state index contributed by atoms with van der Waals surface area (Å²) in [6, 6.07) is 3.29. The van der Waals surface area contributed by atoms with Crippen LogP contribution in [0.5, 0.6) is 0 Å². The second-order valence-electron chi connectivity index (χ2n) is 19.7. The monoisotopic (exact) mass is 1070 g/mol. The fraction of sp³-hybridized carbons (Fsp3) is 0.500. The van der Waals surface area contributed by atoms with Gasteiger partial charge in [-0.05, 0) is 65.9 Å². The highest BCUT2D eigenvalue weighted by atomic mass is 16.6. The van der Waals surface area contributed by atoms with Crippen LogP contribution >= 0.6 is 0 Å². The summed E-state index contributed by atoms with van der Waals surface area (Å²) in [6.07, 6.45) is 10.8. The summed E-state index contributed by atoms with van der Waals surface area (Å²) < 4.78 is 13.3. The van der Waals surface area contributed by atoms with Gasteiger partial charge in [-0.25, -0.2) is 19.7 Å². The number of aryl methyl sites for hydroxylation is 5. The minimum absolute atomic E-state index is 0.00704. The van der Waals surface area contributed by atoms with Gasteiger partial charge in [-0.3, -0.25) is 33.6 Å². The topological polar surface area (TPSA) is 303 Å². The van der Waals surface area contributed by atoms with Crippen LogP contribution in [0.1, 0.15) is 101 Å². The average molecular weight is 1070 g/mol. The van der Waals surface area contributed by atoms with Crippen LogP contribution in [-0.2, 0) is 60.9 Å². The van der Waals surface area contributed by atoms with Gasteiger partial charge < -0.3 is 79.5 Å². The van der Waals surface area contributed by atoms with E-state index in [9.17, 15) is 38.4 Å². The summed E-state index contributed by atoms with van der Waals surface area (Å²) in [7, 11) is 13.9. The molecule has 77 heavy (non-hydrogen) atoms. The molecule has 0 atom stereocenters. The van der Waals surface area contributed by atoms with Crippen LogP contribution in [0.2, 0.25) is 0 Å². The van der Waals surface area contributed by atoms with Crippen molar-refractivity contribution >= 4 is 70.5 Å². The number of hydrogen-bond acceptors (Lipinski definition) is 14. The van der Waals surface area contributed by atoms with Crippen LogP contribution in [0, 0.1) is 0 Å². The van der Waals surface area contributed by atoms with Crippen molar-refractivity contribution in [3.8, 4) is 0 Å². The summed E-state index contributed by atoms with van der Waals surface area (Å²) in [6.45, 7) is 8.98. The Balaban J connectivity index is 0.945. The molecule has 0 saturated heterocycles. The number of ether oxygens (including phenoxy) is 1. The van der Waals surface area contributed by atoms with E-state index in [0.29, 0.717) is 37.6 Å². The Kier molecular flexibility index (Phi) is 21.2. The van der Waals surface area contributed by atoms with Gasteiger partial charge in [0.15, 0.2) is 17.5 Å². The van der Waals surface area contributed by atoms with E-state index in [1.807, 2.05) is 39.4 Å². The Morgan fingerprint density at radius 3 is 1.70 bits per heavy atom. The fourth-order valence-corrected chi connectivity index (χ4v) is 7.73. The van der Waals surface area contributed by atoms with E-state index in [1.54, 1.807) is 85.9 Å². The zero-order chi connectivity index (χ0) is 56.6. The first-order chi connectivity index (χ1) is 36.4. The lowest BCUT2D eigenvalue weighted by Crippen LogP contribution is -2.36. The van der Waals surface area contributed by atoms with Crippen LogP contribution in [-0.4, -0.2) is 172 Å². The van der Waals surface area contributed by atoms with Gasteiger partial charge in [-0.1, -0.05) is 0 Å². The number of rotatable bonds is 27. The molecule has 418 valence electrons. The maximum absolute atomic E-state index is 13.2. The second kappa shape index (κ2) is 27.5. The van der Waals surface area contributed by atoms with Crippen molar-refractivity contribution in [2.24, 2.45) is 35.2 Å². The molecule has 5 aromatic heterocycles. The third-order valence-corrected chi connectivity index (χ3v) is 11.9. The molecule has 5 rings (SSSR count). The van der Waals surface area contributed by atoms with E-state index in [1.165, 1.54) is 33.8 Å². The number of hydrogen-bond donors (Lipinski definition) is 7. The molecule has 27 heteroatoms. The van der Waals surface area contributed by atoms with Crippen LogP contribution in [0.15, 0.2) is 49.3 Å². The highest BCUT2D eigenvalue weighted by Crippen LogP contribution is 2.17. The van der Waals surface area contributed by atoms with Gasteiger partial charge in [0, 0.05) is 151 Å². The predicted molar refractivity (Wildman–Crippen MR) is 287 cm³/mol. The van der Waals surface area contributed by atoms with Crippen molar-refractivity contribution in [3.05, 3.63) is 78.2 Å². The number of nitrogens with zero attached hydrogens (tertiary/aromatic N) is 11. The predicted octanol–water partition coefficient (Wildman–Crippen LogP) is 2.10. The molecule has 8 amide bonds. The number of amides is 8. The Bertz CT molecular complexity index is 2880. The third kappa shape index (κ3) is 18.5. The van der Waals surface area contributed by atoms with Gasteiger partial charge in [-0.15, -0.1) is 0 Å². The first kappa shape index (κ1) is 59.5.